The molecule has 28 heavy (non-hydrogen) atoms. The molecule has 0 fully saturated rings. The van der Waals surface area contributed by atoms with Crippen molar-refractivity contribution in [2.24, 2.45) is 0 Å². The van der Waals surface area contributed by atoms with E-state index in [0.717, 1.165) is 22.3 Å². The SMILES string of the molecule is Cc1nc2c(NC(=O)c3c(Cl)cccc3Cl)cccc2c(-n2ccnc2)c1C. The smallest absolute Gasteiger partial charge is 0.258 e. The highest BCUT2D eigenvalue weighted by Crippen LogP contribution is 2.32. The number of nitrogens with zero attached hydrogens (tertiary/aromatic N) is 3. The third kappa shape index (κ3) is 3.13. The number of fused-ring (bicyclic) bond motifs is 1. The van der Waals surface area contributed by atoms with Crippen LogP contribution in [0.3, 0.4) is 0 Å². The van der Waals surface area contributed by atoms with Crippen molar-refractivity contribution in [3.63, 3.8) is 0 Å². The molecule has 1 amide bonds. The number of aromatic nitrogens is 3. The predicted molar refractivity (Wildman–Crippen MR) is 113 cm³/mol. The first-order valence-corrected chi connectivity index (χ1v) is 9.36. The van der Waals surface area contributed by atoms with Gasteiger partial charge in [0.15, 0.2) is 0 Å². The Morgan fingerprint density at radius 1 is 1.07 bits per heavy atom. The van der Waals surface area contributed by atoms with Gasteiger partial charge in [-0.1, -0.05) is 41.4 Å². The number of pyridine rings is 1. The third-order valence-corrected chi connectivity index (χ3v) is 5.30. The van der Waals surface area contributed by atoms with Crippen molar-refractivity contribution in [2.45, 2.75) is 13.8 Å². The van der Waals surface area contributed by atoms with Gasteiger partial charge in [0.1, 0.15) is 0 Å². The average Bonchev–Trinajstić information content (AvgIpc) is 3.17. The molecule has 0 spiro atoms. The van der Waals surface area contributed by atoms with Crippen LogP contribution >= 0.6 is 23.2 Å². The summed E-state index contributed by atoms with van der Waals surface area (Å²) in [7, 11) is 0. The lowest BCUT2D eigenvalue weighted by atomic mass is 10.1. The molecule has 5 nitrogen and oxygen atoms in total. The van der Waals surface area contributed by atoms with Gasteiger partial charge in [0.2, 0.25) is 0 Å². The molecule has 0 bridgehead atoms. The van der Waals surface area contributed by atoms with E-state index in [0.29, 0.717) is 21.2 Å². The number of imidazole rings is 1. The Kier molecular flexibility index (Phi) is 4.79. The molecule has 2 heterocycles. The molecule has 1 N–H and O–H groups in total. The van der Waals surface area contributed by atoms with Crippen LogP contribution in [0, 0.1) is 13.8 Å². The summed E-state index contributed by atoms with van der Waals surface area (Å²) in [5, 5.41) is 4.40. The maximum Gasteiger partial charge on any atom is 0.258 e. The predicted octanol–water partition coefficient (Wildman–Crippen LogP) is 5.60. The Bertz CT molecular complexity index is 1180. The molecular weight excluding hydrogens is 395 g/mol. The lowest BCUT2D eigenvalue weighted by Crippen LogP contribution is -2.14. The zero-order valence-electron chi connectivity index (χ0n) is 15.2. The minimum Gasteiger partial charge on any atom is -0.320 e. The molecule has 140 valence electrons. The van der Waals surface area contributed by atoms with Crippen LogP contribution in [0.4, 0.5) is 5.69 Å². The van der Waals surface area contributed by atoms with Gasteiger partial charge in [-0.25, -0.2) is 4.98 Å². The monoisotopic (exact) mass is 410 g/mol. The fraction of sp³-hybridized carbons (Fsp3) is 0.0952. The van der Waals surface area contributed by atoms with Crippen molar-refractivity contribution in [1.29, 1.82) is 0 Å². The van der Waals surface area contributed by atoms with Crippen LogP contribution in [0.1, 0.15) is 21.6 Å². The molecule has 0 aliphatic heterocycles. The lowest BCUT2D eigenvalue weighted by molar-refractivity contribution is 0.102. The molecule has 0 saturated carbocycles. The number of halogens is 2. The molecule has 4 rings (SSSR count). The third-order valence-electron chi connectivity index (χ3n) is 4.67. The van der Waals surface area contributed by atoms with E-state index in [1.807, 2.05) is 42.8 Å². The second-order valence-electron chi connectivity index (χ2n) is 6.39. The summed E-state index contributed by atoms with van der Waals surface area (Å²) >= 11 is 12.4. The summed E-state index contributed by atoms with van der Waals surface area (Å²) in [6.45, 7) is 3.96. The Morgan fingerprint density at radius 3 is 2.46 bits per heavy atom. The molecule has 2 aromatic heterocycles. The minimum atomic E-state index is -0.382. The number of para-hydroxylation sites is 1. The number of benzene rings is 2. The maximum atomic E-state index is 12.8. The molecule has 0 saturated heterocycles. The van der Waals surface area contributed by atoms with E-state index in [2.05, 4.69) is 10.3 Å². The quantitative estimate of drug-likeness (QED) is 0.478. The molecule has 7 heteroatoms. The van der Waals surface area contributed by atoms with Crippen molar-refractivity contribution in [3.05, 3.63) is 82.0 Å². The second kappa shape index (κ2) is 7.26. The number of rotatable bonds is 3. The normalized spacial score (nSPS) is 11.0. The number of carbonyl (C=O) groups is 1. The fourth-order valence-corrected chi connectivity index (χ4v) is 3.77. The average molecular weight is 411 g/mol. The van der Waals surface area contributed by atoms with Crippen LogP contribution in [0.2, 0.25) is 10.0 Å². The molecule has 0 aliphatic rings. The summed E-state index contributed by atoms with van der Waals surface area (Å²) in [5.41, 5.74) is 4.40. The number of hydrogen-bond donors (Lipinski definition) is 1. The van der Waals surface area contributed by atoms with Crippen molar-refractivity contribution in [3.8, 4) is 5.69 Å². The molecule has 0 unspecified atom stereocenters. The number of aryl methyl sites for hydroxylation is 1. The Hall–Kier alpha value is -2.89. The Labute approximate surface area is 171 Å². The van der Waals surface area contributed by atoms with Gasteiger partial charge in [0.25, 0.3) is 5.91 Å². The summed E-state index contributed by atoms with van der Waals surface area (Å²) in [4.78, 5) is 21.7. The van der Waals surface area contributed by atoms with Gasteiger partial charge in [-0.05, 0) is 37.6 Å². The van der Waals surface area contributed by atoms with Gasteiger partial charge in [-0.15, -0.1) is 0 Å². The summed E-state index contributed by atoms with van der Waals surface area (Å²) in [6.07, 6.45) is 5.36. The van der Waals surface area contributed by atoms with E-state index < -0.39 is 0 Å². The first-order chi connectivity index (χ1) is 13.5. The van der Waals surface area contributed by atoms with Crippen molar-refractivity contribution in [1.82, 2.24) is 14.5 Å². The van der Waals surface area contributed by atoms with E-state index in [9.17, 15) is 4.79 Å². The number of carbonyl (C=O) groups excluding carboxylic acids is 1. The standard InChI is InChI=1S/C21H16Cl2N4O/c1-12-13(2)25-19-14(20(12)27-10-9-24-11-27)5-3-8-17(19)26-21(28)18-15(22)6-4-7-16(18)23/h3-11H,1-2H3,(H,26,28). The highest BCUT2D eigenvalue weighted by Gasteiger charge is 2.18. The largest absolute Gasteiger partial charge is 0.320 e. The van der Waals surface area contributed by atoms with Crippen LogP contribution in [-0.2, 0) is 0 Å². The van der Waals surface area contributed by atoms with Gasteiger partial charge >= 0.3 is 0 Å². The Morgan fingerprint density at radius 2 is 1.79 bits per heavy atom. The zero-order valence-corrected chi connectivity index (χ0v) is 16.7. The highest BCUT2D eigenvalue weighted by molar-refractivity contribution is 6.40. The van der Waals surface area contributed by atoms with Crippen LogP contribution < -0.4 is 5.32 Å². The first kappa shape index (κ1) is 18.5. The summed E-state index contributed by atoms with van der Waals surface area (Å²) in [5.74, 6) is -0.382. The van der Waals surface area contributed by atoms with Gasteiger partial charge in [0.05, 0.1) is 38.8 Å². The van der Waals surface area contributed by atoms with Gasteiger partial charge in [-0.3, -0.25) is 9.78 Å². The molecule has 4 aromatic rings. The molecule has 0 atom stereocenters. The van der Waals surface area contributed by atoms with E-state index in [1.165, 1.54) is 0 Å². The topological polar surface area (TPSA) is 59.8 Å². The van der Waals surface area contributed by atoms with Crippen LogP contribution in [0.5, 0.6) is 0 Å². The van der Waals surface area contributed by atoms with Crippen molar-refractivity contribution < 1.29 is 4.79 Å². The van der Waals surface area contributed by atoms with E-state index in [-0.39, 0.29) is 11.5 Å². The van der Waals surface area contributed by atoms with Crippen LogP contribution in [0.15, 0.2) is 55.1 Å². The maximum absolute atomic E-state index is 12.8. The lowest BCUT2D eigenvalue weighted by Gasteiger charge is -2.16. The number of nitrogens with one attached hydrogen (secondary N) is 1. The summed E-state index contributed by atoms with van der Waals surface area (Å²) in [6, 6.07) is 10.6. The minimum absolute atomic E-state index is 0.238. The molecule has 0 aliphatic carbocycles. The van der Waals surface area contributed by atoms with Gasteiger partial charge in [-0.2, -0.15) is 0 Å². The van der Waals surface area contributed by atoms with Gasteiger partial charge in [0, 0.05) is 23.5 Å². The summed E-state index contributed by atoms with van der Waals surface area (Å²) < 4.78 is 1.95. The van der Waals surface area contributed by atoms with Crippen LogP contribution in [0.25, 0.3) is 16.6 Å². The van der Waals surface area contributed by atoms with Crippen LogP contribution in [-0.4, -0.2) is 20.4 Å². The van der Waals surface area contributed by atoms with Crippen molar-refractivity contribution in [2.75, 3.05) is 5.32 Å². The molecular formula is C21H16Cl2N4O. The number of anilines is 1. The first-order valence-electron chi connectivity index (χ1n) is 8.61. The van der Waals surface area contributed by atoms with E-state index in [1.54, 1.807) is 30.7 Å². The van der Waals surface area contributed by atoms with E-state index >= 15 is 0 Å². The van der Waals surface area contributed by atoms with Crippen molar-refractivity contribution >= 4 is 45.7 Å². The number of amides is 1. The second-order valence-corrected chi connectivity index (χ2v) is 7.21. The highest BCUT2D eigenvalue weighted by atomic mass is 35.5. The number of hydrogen-bond acceptors (Lipinski definition) is 3. The van der Waals surface area contributed by atoms with Gasteiger partial charge < -0.3 is 9.88 Å². The zero-order chi connectivity index (χ0) is 19.8. The Balaban J connectivity index is 1.87. The molecule has 2 aromatic carbocycles. The fourth-order valence-electron chi connectivity index (χ4n) is 3.20. The molecule has 0 radical (unpaired) electrons. The van der Waals surface area contributed by atoms with E-state index in [4.69, 9.17) is 28.2 Å².